The van der Waals surface area contributed by atoms with E-state index in [0.29, 0.717) is 18.5 Å². The highest BCUT2D eigenvalue weighted by Gasteiger charge is 2.24. The molecule has 1 aliphatic heterocycles. The lowest BCUT2D eigenvalue weighted by Gasteiger charge is -2.28. The Bertz CT molecular complexity index is 851. The minimum Gasteiger partial charge on any atom is -0.334 e. The molecule has 2 aromatic rings. The van der Waals surface area contributed by atoms with Gasteiger partial charge in [0.05, 0.1) is 5.56 Å². The normalized spacial score (nSPS) is 13.4. The molecular weight excluding hydrogens is 285 g/mol. The van der Waals surface area contributed by atoms with Gasteiger partial charge in [-0.3, -0.25) is 9.59 Å². The molecule has 3 rings (SSSR count). The molecule has 0 bridgehead atoms. The predicted molar refractivity (Wildman–Crippen MR) is 76.6 cm³/mol. The lowest BCUT2D eigenvalue weighted by Crippen LogP contribution is -2.37. The first-order valence-corrected chi connectivity index (χ1v) is 6.79. The monoisotopic (exact) mass is 297 g/mol. The number of nitrogens with zero attached hydrogens (tertiary/aromatic N) is 2. The smallest absolute Gasteiger partial charge is 0.266 e. The summed E-state index contributed by atoms with van der Waals surface area (Å²) in [4.78, 5) is 28.2. The Balaban J connectivity index is 1.92. The van der Waals surface area contributed by atoms with Crippen LogP contribution in [0.1, 0.15) is 27.2 Å². The van der Waals surface area contributed by atoms with Gasteiger partial charge in [-0.2, -0.15) is 5.26 Å². The number of nitrogens with one attached hydrogen (secondary N) is 1. The molecule has 0 saturated heterocycles. The Morgan fingerprint density at radius 1 is 1.36 bits per heavy atom. The van der Waals surface area contributed by atoms with E-state index in [1.54, 1.807) is 6.07 Å². The van der Waals surface area contributed by atoms with E-state index in [1.165, 1.54) is 29.2 Å². The van der Waals surface area contributed by atoms with Crippen molar-refractivity contribution < 1.29 is 9.18 Å². The zero-order chi connectivity index (χ0) is 15.7. The van der Waals surface area contributed by atoms with Gasteiger partial charge < -0.3 is 9.88 Å². The van der Waals surface area contributed by atoms with E-state index in [9.17, 15) is 14.0 Å². The molecule has 1 aromatic heterocycles. The van der Waals surface area contributed by atoms with Gasteiger partial charge in [-0.05, 0) is 23.8 Å². The topological polar surface area (TPSA) is 77.0 Å². The molecule has 6 heteroatoms. The van der Waals surface area contributed by atoms with Gasteiger partial charge in [-0.1, -0.05) is 12.1 Å². The number of benzene rings is 1. The molecule has 5 nitrogen and oxygen atoms in total. The standard InChI is InChI=1S/C16H12FN3O2/c17-13-4-2-1-3-12(13)16(22)20-6-5-14-11(9-20)7-10(8-18)15(21)19-14/h1-4,7H,5-6,9H2,(H,19,21). The van der Waals surface area contributed by atoms with Gasteiger partial charge in [0, 0.05) is 25.2 Å². The number of halogens is 1. The Labute approximate surface area is 125 Å². The number of aromatic amines is 1. The summed E-state index contributed by atoms with van der Waals surface area (Å²) in [5.41, 5.74) is 1.05. The molecule has 0 atom stereocenters. The maximum atomic E-state index is 13.7. The fourth-order valence-corrected chi connectivity index (χ4v) is 2.57. The summed E-state index contributed by atoms with van der Waals surface area (Å²) >= 11 is 0. The van der Waals surface area contributed by atoms with E-state index in [-0.39, 0.29) is 17.7 Å². The van der Waals surface area contributed by atoms with Crippen molar-refractivity contribution in [2.24, 2.45) is 0 Å². The van der Waals surface area contributed by atoms with Gasteiger partial charge in [0.25, 0.3) is 11.5 Å². The molecule has 1 N–H and O–H groups in total. The van der Waals surface area contributed by atoms with Gasteiger partial charge in [-0.15, -0.1) is 0 Å². The van der Waals surface area contributed by atoms with Crippen LogP contribution in [0.2, 0.25) is 0 Å². The zero-order valence-corrected chi connectivity index (χ0v) is 11.6. The van der Waals surface area contributed by atoms with Gasteiger partial charge in [0.2, 0.25) is 0 Å². The Hall–Kier alpha value is -2.94. The highest BCUT2D eigenvalue weighted by atomic mass is 19.1. The molecule has 2 heterocycles. The molecule has 0 aliphatic carbocycles. The van der Waals surface area contributed by atoms with E-state index < -0.39 is 17.3 Å². The number of H-pyrrole nitrogens is 1. The number of hydrogen-bond acceptors (Lipinski definition) is 3. The number of hydrogen-bond donors (Lipinski definition) is 1. The number of pyridine rings is 1. The number of carbonyl (C=O) groups excluding carboxylic acids is 1. The highest BCUT2D eigenvalue weighted by Crippen LogP contribution is 2.19. The minimum absolute atomic E-state index is 0.0129. The van der Waals surface area contributed by atoms with E-state index >= 15 is 0 Å². The molecule has 110 valence electrons. The van der Waals surface area contributed by atoms with Crippen LogP contribution in [0.5, 0.6) is 0 Å². The molecule has 0 spiro atoms. The van der Waals surface area contributed by atoms with Crippen molar-refractivity contribution in [1.29, 1.82) is 5.26 Å². The van der Waals surface area contributed by atoms with Crippen molar-refractivity contribution in [2.45, 2.75) is 13.0 Å². The molecule has 0 radical (unpaired) electrons. The maximum absolute atomic E-state index is 13.7. The number of amides is 1. The maximum Gasteiger partial charge on any atom is 0.266 e. The number of aromatic nitrogens is 1. The molecule has 0 saturated carbocycles. The summed E-state index contributed by atoms with van der Waals surface area (Å²) in [7, 11) is 0. The molecule has 1 aliphatic rings. The van der Waals surface area contributed by atoms with Gasteiger partial charge in [-0.25, -0.2) is 4.39 Å². The molecule has 0 unspecified atom stereocenters. The van der Waals surface area contributed by atoms with Crippen molar-refractivity contribution in [3.63, 3.8) is 0 Å². The third kappa shape index (κ3) is 2.37. The summed E-state index contributed by atoms with van der Waals surface area (Å²) < 4.78 is 13.7. The second-order valence-corrected chi connectivity index (χ2v) is 5.08. The van der Waals surface area contributed by atoms with Crippen LogP contribution in [0.15, 0.2) is 35.1 Å². The van der Waals surface area contributed by atoms with Gasteiger partial charge in [0.15, 0.2) is 0 Å². The van der Waals surface area contributed by atoms with Crippen LogP contribution in [0, 0.1) is 17.1 Å². The summed E-state index contributed by atoms with van der Waals surface area (Å²) in [5.74, 6) is -0.953. The first-order chi connectivity index (χ1) is 10.6. The van der Waals surface area contributed by atoms with Crippen LogP contribution >= 0.6 is 0 Å². The van der Waals surface area contributed by atoms with Crippen LogP contribution < -0.4 is 5.56 Å². The third-order valence-corrected chi connectivity index (χ3v) is 3.72. The zero-order valence-electron chi connectivity index (χ0n) is 11.6. The van der Waals surface area contributed by atoms with Crippen LogP contribution in [-0.4, -0.2) is 22.3 Å². The molecule has 22 heavy (non-hydrogen) atoms. The van der Waals surface area contributed by atoms with E-state index in [0.717, 1.165) is 5.69 Å². The first-order valence-electron chi connectivity index (χ1n) is 6.79. The van der Waals surface area contributed by atoms with Crippen molar-refractivity contribution in [1.82, 2.24) is 9.88 Å². The largest absolute Gasteiger partial charge is 0.334 e. The van der Waals surface area contributed by atoms with Crippen LogP contribution in [-0.2, 0) is 13.0 Å². The number of nitriles is 1. The summed E-state index contributed by atoms with van der Waals surface area (Å²) in [6.45, 7) is 0.635. The van der Waals surface area contributed by atoms with E-state index in [1.807, 2.05) is 6.07 Å². The fraction of sp³-hybridized carbons (Fsp3) is 0.188. The molecule has 1 aromatic carbocycles. The Kier molecular flexibility index (Phi) is 3.47. The first kappa shape index (κ1) is 14.0. The van der Waals surface area contributed by atoms with Gasteiger partial charge in [0.1, 0.15) is 17.4 Å². The molecule has 1 amide bonds. The average molecular weight is 297 g/mol. The van der Waals surface area contributed by atoms with Crippen molar-refractivity contribution in [3.8, 4) is 6.07 Å². The van der Waals surface area contributed by atoms with E-state index in [4.69, 9.17) is 5.26 Å². The summed E-state index contributed by atoms with van der Waals surface area (Å²) in [5, 5.41) is 8.91. The predicted octanol–water partition coefficient (Wildman–Crippen LogP) is 1.58. The van der Waals surface area contributed by atoms with Gasteiger partial charge >= 0.3 is 0 Å². The van der Waals surface area contributed by atoms with Crippen molar-refractivity contribution in [2.75, 3.05) is 6.54 Å². The lowest BCUT2D eigenvalue weighted by atomic mass is 10.0. The third-order valence-electron chi connectivity index (χ3n) is 3.72. The van der Waals surface area contributed by atoms with E-state index in [2.05, 4.69) is 4.98 Å². The molecule has 0 fully saturated rings. The Morgan fingerprint density at radius 2 is 2.14 bits per heavy atom. The van der Waals surface area contributed by atoms with Crippen LogP contribution in [0.25, 0.3) is 0 Å². The summed E-state index contributed by atoms with van der Waals surface area (Å²) in [6.07, 6.45) is 0.469. The minimum atomic E-state index is -0.558. The number of fused-ring (bicyclic) bond motifs is 1. The summed E-state index contributed by atoms with van der Waals surface area (Å²) in [6, 6.07) is 9.15. The van der Waals surface area contributed by atoms with Crippen molar-refractivity contribution in [3.05, 3.63) is 68.9 Å². The van der Waals surface area contributed by atoms with Crippen molar-refractivity contribution >= 4 is 5.91 Å². The second kappa shape index (κ2) is 5.45. The lowest BCUT2D eigenvalue weighted by molar-refractivity contribution is 0.0728. The number of carbonyl (C=O) groups is 1. The van der Waals surface area contributed by atoms with Crippen LogP contribution in [0.4, 0.5) is 4.39 Å². The molecular formula is C16H12FN3O2. The number of rotatable bonds is 1. The quantitative estimate of drug-likeness (QED) is 0.868. The highest BCUT2D eigenvalue weighted by molar-refractivity contribution is 5.94. The fourth-order valence-electron chi connectivity index (χ4n) is 2.57. The second-order valence-electron chi connectivity index (χ2n) is 5.08. The SMILES string of the molecule is N#Cc1cc2c([nH]c1=O)CCN(C(=O)c1ccccc1F)C2. The Morgan fingerprint density at radius 3 is 2.86 bits per heavy atom. The average Bonchev–Trinajstić information content (AvgIpc) is 2.53. The van der Waals surface area contributed by atoms with Crippen LogP contribution in [0.3, 0.4) is 0 Å².